The van der Waals surface area contributed by atoms with Crippen molar-refractivity contribution in [2.45, 2.75) is 43.7 Å². The van der Waals surface area contributed by atoms with Gasteiger partial charge in [0.05, 0.1) is 52.8 Å². The summed E-state index contributed by atoms with van der Waals surface area (Å²) in [6.45, 7) is 3.26. The van der Waals surface area contributed by atoms with Crippen LogP contribution in [0.5, 0.6) is 11.8 Å². The van der Waals surface area contributed by atoms with Crippen LogP contribution >= 0.6 is 0 Å². The van der Waals surface area contributed by atoms with Gasteiger partial charge >= 0.3 is 12.3 Å². The van der Waals surface area contributed by atoms with Gasteiger partial charge in [-0.3, -0.25) is 4.57 Å². The van der Waals surface area contributed by atoms with E-state index in [1.165, 1.54) is 19.2 Å². The van der Waals surface area contributed by atoms with Gasteiger partial charge in [0, 0.05) is 6.42 Å². The highest BCUT2D eigenvalue weighted by atomic mass is 19.4. The molecule has 3 N–H and O–H groups in total. The molecule has 11 heteroatoms. The molecule has 1 fully saturated rings. The van der Waals surface area contributed by atoms with Crippen LogP contribution in [0.2, 0.25) is 0 Å². The molecule has 0 aliphatic carbocycles. The normalized spacial score (nSPS) is 26.4. The fourth-order valence-corrected chi connectivity index (χ4v) is 4.70. The maximum atomic E-state index is 13.4. The topological polar surface area (TPSA) is 117 Å². The molecule has 3 atom stereocenters. The number of methoxy groups -OCH3 is 1. The number of aromatic nitrogens is 1. The van der Waals surface area contributed by atoms with Crippen molar-refractivity contribution in [3.63, 3.8) is 0 Å². The Morgan fingerprint density at radius 3 is 2.55 bits per heavy atom. The Hall–Kier alpha value is -3.39. The molecular weight excluding hydrogens is 419 g/mol. The predicted octanol–water partition coefficient (Wildman–Crippen LogP) is 3.37. The fourth-order valence-electron chi connectivity index (χ4n) is 4.70. The van der Waals surface area contributed by atoms with Gasteiger partial charge in [-0.15, -0.1) is 0 Å². The van der Waals surface area contributed by atoms with Gasteiger partial charge in [-0.1, -0.05) is 0 Å². The molecule has 0 unspecified atom stereocenters. The first-order valence-corrected chi connectivity index (χ1v) is 9.21. The summed E-state index contributed by atoms with van der Waals surface area (Å²) in [5.74, 6) is -0.999. The maximum absolute atomic E-state index is 13.4. The van der Waals surface area contributed by atoms with Crippen LogP contribution in [0.15, 0.2) is 18.2 Å². The number of hydrogen-bond donors (Lipinski definition) is 3. The summed E-state index contributed by atoms with van der Waals surface area (Å²) in [5, 5.41) is 33.5. The molecule has 2 bridgehead atoms. The average molecular weight is 437 g/mol. The van der Waals surface area contributed by atoms with Gasteiger partial charge in [-0.05, 0) is 32.0 Å². The van der Waals surface area contributed by atoms with Gasteiger partial charge in [0.2, 0.25) is 11.8 Å². The standard InChI is InChI=1S/C20H18F3N3O5/c1-18-7-12(25-17(29)30-3)19(2,31-18)14-13(18)15(27)26(16(14)28)10-5-4-9(8-24)11(6-10)20(21,22)23/h4-6,12,27-28H,7H2,1-3H3,(H,25,29)/t12-,18-,19+/m1/s1. The molecule has 0 saturated carbocycles. The number of carbonyl (C=O) groups excluding carboxylic acids is 1. The van der Waals surface area contributed by atoms with Gasteiger partial charge in [0.25, 0.3) is 0 Å². The molecule has 1 saturated heterocycles. The van der Waals surface area contributed by atoms with Crippen LogP contribution in [-0.2, 0) is 26.9 Å². The van der Waals surface area contributed by atoms with E-state index in [1.807, 2.05) is 0 Å². The molecular formula is C20H18F3N3O5. The van der Waals surface area contributed by atoms with E-state index in [0.717, 1.165) is 10.6 Å². The first-order chi connectivity index (χ1) is 14.4. The van der Waals surface area contributed by atoms with Gasteiger partial charge in [0.15, 0.2) is 0 Å². The third kappa shape index (κ3) is 2.75. The molecule has 2 aliphatic rings. The number of rotatable bonds is 2. The summed E-state index contributed by atoms with van der Waals surface area (Å²) in [6.07, 6.45) is -5.28. The Labute approximate surface area is 174 Å². The molecule has 1 aromatic heterocycles. The van der Waals surface area contributed by atoms with Crippen molar-refractivity contribution in [1.29, 1.82) is 5.26 Å². The highest BCUT2D eigenvalue weighted by Crippen LogP contribution is 2.64. The largest absolute Gasteiger partial charge is 0.494 e. The lowest BCUT2D eigenvalue weighted by Gasteiger charge is -2.29. The number of hydrogen-bond acceptors (Lipinski definition) is 6. The fraction of sp³-hybridized carbons (Fsp3) is 0.400. The number of nitriles is 1. The Kier molecular flexibility index (Phi) is 4.24. The SMILES string of the molecule is COC(=O)N[C@@H]1C[C@@]2(C)O[C@]1(C)c1c2c(O)n(-c2ccc(C#N)c(C(F)(F)F)c2)c1O. The summed E-state index contributed by atoms with van der Waals surface area (Å²) in [6, 6.07) is 3.72. The highest BCUT2D eigenvalue weighted by Gasteiger charge is 2.65. The lowest BCUT2D eigenvalue weighted by Crippen LogP contribution is -2.46. The molecule has 31 heavy (non-hydrogen) atoms. The first-order valence-electron chi connectivity index (χ1n) is 9.21. The summed E-state index contributed by atoms with van der Waals surface area (Å²) < 4.78 is 51.8. The lowest BCUT2D eigenvalue weighted by molar-refractivity contribution is -0.137. The van der Waals surface area contributed by atoms with E-state index in [4.69, 9.17) is 10.00 Å². The summed E-state index contributed by atoms with van der Waals surface area (Å²) in [5.41, 5.74) is -3.93. The van der Waals surface area contributed by atoms with Gasteiger partial charge in [0.1, 0.15) is 5.60 Å². The number of ether oxygens (including phenoxy) is 2. The Bertz CT molecular complexity index is 1150. The number of alkyl carbamates (subject to hydrolysis) is 1. The molecule has 8 nitrogen and oxygen atoms in total. The molecule has 2 aliphatic heterocycles. The second kappa shape index (κ2) is 6.31. The van der Waals surface area contributed by atoms with Crippen LogP contribution in [0.3, 0.4) is 0 Å². The number of alkyl halides is 3. The first kappa shape index (κ1) is 20.9. The Balaban J connectivity index is 1.89. The van der Waals surface area contributed by atoms with Crippen molar-refractivity contribution in [2.75, 3.05) is 7.11 Å². The van der Waals surface area contributed by atoms with Crippen LogP contribution in [0.1, 0.15) is 42.5 Å². The second-order valence-corrected chi connectivity index (χ2v) is 7.90. The number of nitrogens with one attached hydrogen (secondary N) is 1. The van der Waals surface area contributed by atoms with E-state index in [2.05, 4.69) is 10.1 Å². The second-order valence-electron chi connectivity index (χ2n) is 7.90. The van der Waals surface area contributed by atoms with E-state index >= 15 is 0 Å². The monoisotopic (exact) mass is 437 g/mol. The number of carbonyl (C=O) groups is 1. The van der Waals surface area contributed by atoms with Crippen molar-refractivity contribution < 1.29 is 37.7 Å². The van der Waals surface area contributed by atoms with Gasteiger partial charge < -0.3 is 25.0 Å². The molecule has 3 heterocycles. The minimum Gasteiger partial charge on any atom is -0.494 e. The molecule has 2 aromatic rings. The van der Waals surface area contributed by atoms with Crippen LogP contribution in [0, 0.1) is 11.3 Å². The van der Waals surface area contributed by atoms with Crippen molar-refractivity contribution >= 4 is 6.09 Å². The van der Waals surface area contributed by atoms with Crippen molar-refractivity contribution in [3.8, 4) is 23.5 Å². The van der Waals surface area contributed by atoms with E-state index in [0.29, 0.717) is 6.07 Å². The predicted molar refractivity (Wildman–Crippen MR) is 98.6 cm³/mol. The zero-order valence-electron chi connectivity index (χ0n) is 16.7. The van der Waals surface area contributed by atoms with E-state index in [9.17, 15) is 28.2 Å². The minimum absolute atomic E-state index is 0.165. The average Bonchev–Trinajstić information content (AvgIpc) is 3.21. The van der Waals surface area contributed by atoms with Crippen LogP contribution in [0.25, 0.3) is 5.69 Å². The van der Waals surface area contributed by atoms with Gasteiger partial charge in [-0.2, -0.15) is 18.4 Å². The summed E-state index contributed by atoms with van der Waals surface area (Å²) >= 11 is 0. The van der Waals surface area contributed by atoms with Gasteiger partial charge in [-0.25, -0.2) is 4.79 Å². The smallest absolute Gasteiger partial charge is 0.417 e. The van der Waals surface area contributed by atoms with Crippen LogP contribution < -0.4 is 5.32 Å². The zero-order chi connectivity index (χ0) is 22.9. The van der Waals surface area contributed by atoms with E-state index in [-0.39, 0.29) is 23.2 Å². The zero-order valence-corrected chi connectivity index (χ0v) is 16.7. The minimum atomic E-state index is -4.81. The molecule has 0 spiro atoms. The molecule has 0 radical (unpaired) electrons. The molecule has 1 amide bonds. The van der Waals surface area contributed by atoms with Crippen molar-refractivity contribution in [3.05, 3.63) is 40.5 Å². The molecule has 1 aromatic carbocycles. The van der Waals surface area contributed by atoms with Crippen LogP contribution in [0.4, 0.5) is 18.0 Å². The van der Waals surface area contributed by atoms with Crippen molar-refractivity contribution in [2.24, 2.45) is 0 Å². The van der Waals surface area contributed by atoms with Crippen LogP contribution in [-0.4, -0.2) is 34.0 Å². The van der Waals surface area contributed by atoms with E-state index in [1.54, 1.807) is 13.8 Å². The number of nitrogens with zero attached hydrogens (tertiary/aromatic N) is 2. The number of aromatic hydroxyl groups is 2. The lowest BCUT2D eigenvalue weighted by atomic mass is 9.76. The Morgan fingerprint density at radius 1 is 1.32 bits per heavy atom. The number of amides is 1. The number of benzene rings is 1. The molecule has 164 valence electrons. The van der Waals surface area contributed by atoms with E-state index < -0.39 is 52.4 Å². The Morgan fingerprint density at radius 2 is 1.97 bits per heavy atom. The number of fused-ring (bicyclic) bond motifs is 5. The highest BCUT2D eigenvalue weighted by molar-refractivity contribution is 5.69. The van der Waals surface area contributed by atoms with Crippen molar-refractivity contribution in [1.82, 2.24) is 9.88 Å². The number of halogens is 3. The summed E-state index contributed by atoms with van der Waals surface area (Å²) in [7, 11) is 1.20. The summed E-state index contributed by atoms with van der Waals surface area (Å²) in [4.78, 5) is 11.7. The quantitative estimate of drug-likeness (QED) is 0.663. The molecule has 4 rings (SSSR count). The third-order valence-electron chi connectivity index (χ3n) is 6.01. The third-order valence-corrected chi connectivity index (χ3v) is 6.01. The maximum Gasteiger partial charge on any atom is 0.417 e.